The van der Waals surface area contributed by atoms with E-state index in [1.807, 2.05) is 11.4 Å². The fourth-order valence-electron chi connectivity index (χ4n) is 1.26. The second-order valence-electron chi connectivity index (χ2n) is 3.41. The summed E-state index contributed by atoms with van der Waals surface area (Å²) in [6.45, 7) is 2.49. The molecule has 1 amide bonds. The number of hydrogen-bond acceptors (Lipinski definition) is 6. The van der Waals surface area contributed by atoms with E-state index in [-0.39, 0.29) is 5.91 Å². The lowest BCUT2D eigenvalue weighted by atomic mass is 10.2. The Labute approximate surface area is 110 Å². The minimum Gasteiger partial charge on any atom is -0.382 e. The Kier molecular flexibility index (Phi) is 7.54. The first kappa shape index (κ1) is 15.1. The van der Waals surface area contributed by atoms with Crippen LogP contribution in [0.15, 0.2) is 11.4 Å². The van der Waals surface area contributed by atoms with Crippen LogP contribution in [0.3, 0.4) is 0 Å². The molecule has 0 aliphatic heterocycles. The summed E-state index contributed by atoms with van der Waals surface area (Å²) in [5.74, 6) is 4.80. The van der Waals surface area contributed by atoms with Crippen LogP contribution in [0.1, 0.15) is 15.2 Å². The van der Waals surface area contributed by atoms with Crippen molar-refractivity contribution in [1.82, 2.24) is 5.43 Å². The lowest BCUT2D eigenvalue weighted by Gasteiger charge is -2.06. The molecule has 0 aromatic carbocycles. The number of nitrogen functional groups attached to an aromatic ring is 1. The number of amides is 1. The molecule has 7 heteroatoms. The molecule has 102 valence electrons. The summed E-state index contributed by atoms with van der Waals surface area (Å²) >= 11 is 1.34. The van der Waals surface area contributed by atoms with Gasteiger partial charge in [-0.15, -0.1) is 11.3 Å². The van der Waals surface area contributed by atoms with Crippen molar-refractivity contribution in [2.75, 3.05) is 33.5 Å². The van der Waals surface area contributed by atoms with Crippen molar-refractivity contribution in [3.63, 3.8) is 0 Å². The molecule has 0 bridgehead atoms. The molecule has 0 aliphatic rings. The zero-order valence-corrected chi connectivity index (χ0v) is 11.1. The molecule has 1 aromatic heterocycles. The van der Waals surface area contributed by atoms with Crippen molar-refractivity contribution in [3.8, 4) is 0 Å². The number of carbonyl (C=O) groups is 1. The quantitative estimate of drug-likeness (QED) is 0.297. The molecule has 0 spiro atoms. The van der Waals surface area contributed by atoms with E-state index in [1.54, 1.807) is 7.11 Å². The molecule has 0 atom stereocenters. The Morgan fingerprint density at radius 3 is 2.78 bits per heavy atom. The Balaban J connectivity index is 2.19. The van der Waals surface area contributed by atoms with Gasteiger partial charge in [0, 0.05) is 12.7 Å². The maximum absolute atomic E-state index is 11.4. The summed E-state index contributed by atoms with van der Waals surface area (Å²) in [4.78, 5) is 12.0. The van der Waals surface area contributed by atoms with Crippen LogP contribution < -0.4 is 11.3 Å². The lowest BCUT2D eigenvalue weighted by molar-refractivity contribution is 0.0199. The van der Waals surface area contributed by atoms with Gasteiger partial charge in [0.2, 0.25) is 0 Å². The predicted molar refractivity (Wildman–Crippen MR) is 68.3 cm³/mol. The van der Waals surface area contributed by atoms with Crippen LogP contribution in [0.2, 0.25) is 0 Å². The summed E-state index contributed by atoms with van der Waals surface area (Å²) in [6.07, 6.45) is 0. The number of methoxy groups -OCH3 is 1. The van der Waals surface area contributed by atoms with Crippen LogP contribution in [-0.4, -0.2) is 39.4 Å². The molecular formula is C11H18N2O4S. The second kappa shape index (κ2) is 9.01. The molecule has 3 N–H and O–H groups in total. The van der Waals surface area contributed by atoms with Crippen molar-refractivity contribution in [1.29, 1.82) is 0 Å². The first-order valence-corrected chi connectivity index (χ1v) is 6.39. The fourth-order valence-corrected chi connectivity index (χ4v) is 2.07. The van der Waals surface area contributed by atoms with Gasteiger partial charge in [-0.1, -0.05) is 0 Å². The van der Waals surface area contributed by atoms with Crippen LogP contribution in [0, 0.1) is 0 Å². The largest absolute Gasteiger partial charge is 0.382 e. The topological polar surface area (TPSA) is 82.8 Å². The van der Waals surface area contributed by atoms with E-state index in [9.17, 15) is 4.79 Å². The number of hydrogen-bond donors (Lipinski definition) is 2. The Morgan fingerprint density at radius 2 is 2.06 bits per heavy atom. The molecule has 1 aromatic rings. The number of rotatable bonds is 9. The normalized spacial score (nSPS) is 10.6. The van der Waals surface area contributed by atoms with Crippen molar-refractivity contribution in [2.45, 2.75) is 6.61 Å². The molecule has 1 heterocycles. The highest BCUT2D eigenvalue weighted by Crippen LogP contribution is 2.17. The van der Waals surface area contributed by atoms with Gasteiger partial charge in [0.1, 0.15) is 0 Å². The zero-order chi connectivity index (χ0) is 13.2. The smallest absolute Gasteiger partial charge is 0.275 e. The molecule has 0 saturated carbocycles. The molecule has 0 radical (unpaired) electrons. The SMILES string of the molecule is COCCOCCOCc1ccsc1C(=O)NN. The number of nitrogens with one attached hydrogen (secondary N) is 1. The third kappa shape index (κ3) is 5.11. The van der Waals surface area contributed by atoms with Crippen LogP contribution in [-0.2, 0) is 20.8 Å². The predicted octanol–water partition coefficient (Wildman–Crippen LogP) is 0.531. The van der Waals surface area contributed by atoms with Gasteiger partial charge in [-0.3, -0.25) is 10.2 Å². The van der Waals surface area contributed by atoms with Gasteiger partial charge in [-0.25, -0.2) is 5.84 Å². The Hall–Kier alpha value is -0.990. The zero-order valence-electron chi connectivity index (χ0n) is 10.3. The third-order valence-electron chi connectivity index (χ3n) is 2.15. The molecule has 18 heavy (non-hydrogen) atoms. The van der Waals surface area contributed by atoms with Crippen molar-refractivity contribution in [2.24, 2.45) is 5.84 Å². The first-order valence-electron chi connectivity index (χ1n) is 5.51. The van der Waals surface area contributed by atoms with Crippen LogP contribution in [0.5, 0.6) is 0 Å². The standard InChI is InChI=1S/C11H18N2O4S/c1-15-3-4-16-5-6-17-8-9-2-7-18-10(9)11(14)13-12/h2,7H,3-6,8,12H2,1H3,(H,13,14). The van der Waals surface area contributed by atoms with E-state index >= 15 is 0 Å². The average molecular weight is 274 g/mol. The van der Waals surface area contributed by atoms with Crippen molar-refractivity contribution < 1.29 is 19.0 Å². The summed E-state index contributed by atoms with van der Waals surface area (Å²) in [5, 5.41) is 1.83. The third-order valence-corrected chi connectivity index (χ3v) is 3.10. The summed E-state index contributed by atoms with van der Waals surface area (Å²) in [7, 11) is 1.63. The van der Waals surface area contributed by atoms with Crippen LogP contribution >= 0.6 is 11.3 Å². The van der Waals surface area contributed by atoms with E-state index in [1.165, 1.54) is 11.3 Å². The Morgan fingerprint density at radius 1 is 1.33 bits per heavy atom. The van der Waals surface area contributed by atoms with E-state index in [4.69, 9.17) is 20.1 Å². The van der Waals surface area contributed by atoms with Gasteiger partial charge in [-0.2, -0.15) is 0 Å². The fraction of sp³-hybridized carbons (Fsp3) is 0.545. The highest BCUT2D eigenvalue weighted by Gasteiger charge is 2.11. The number of carbonyl (C=O) groups excluding carboxylic acids is 1. The molecule has 0 fully saturated rings. The number of thiophene rings is 1. The number of nitrogens with two attached hydrogens (primary N) is 1. The van der Waals surface area contributed by atoms with Crippen LogP contribution in [0.4, 0.5) is 0 Å². The van der Waals surface area contributed by atoms with E-state index in [2.05, 4.69) is 5.43 Å². The second-order valence-corrected chi connectivity index (χ2v) is 4.32. The van der Waals surface area contributed by atoms with Gasteiger partial charge in [0.25, 0.3) is 5.91 Å². The summed E-state index contributed by atoms with van der Waals surface area (Å²) in [5.41, 5.74) is 2.94. The lowest BCUT2D eigenvalue weighted by Crippen LogP contribution is -2.30. The maximum Gasteiger partial charge on any atom is 0.275 e. The highest BCUT2D eigenvalue weighted by atomic mass is 32.1. The molecule has 1 rings (SSSR count). The van der Waals surface area contributed by atoms with E-state index in [0.717, 1.165) is 5.56 Å². The minimum atomic E-state index is -0.292. The van der Waals surface area contributed by atoms with Crippen LogP contribution in [0.25, 0.3) is 0 Å². The molecule has 6 nitrogen and oxygen atoms in total. The van der Waals surface area contributed by atoms with E-state index < -0.39 is 0 Å². The number of ether oxygens (including phenoxy) is 3. The molecular weight excluding hydrogens is 256 g/mol. The van der Waals surface area contributed by atoms with Gasteiger partial charge in [-0.05, 0) is 11.4 Å². The minimum absolute atomic E-state index is 0.292. The monoisotopic (exact) mass is 274 g/mol. The van der Waals surface area contributed by atoms with Crippen molar-refractivity contribution >= 4 is 17.2 Å². The maximum atomic E-state index is 11.4. The average Bonchev–Trinajstić information content (AvgIpc) is 2.85. The highest BCUT2D eigenvalue weighted by molar-refractivity contribution is 7.12. The van der Waals surface area contributed by atoms with Gasteiger partial charge < -0.3 is 14.2 Å². The Bertz CT molecular complexity index is 357. The van der Waals surface area contributed by atoms with Gasteiger partial charge in [0.05, 0.1) is 37.9 Å². The molecule has 0 unspecified atom stereocenters. The first-order chi connectivity index (χ1) is 8.79. The van der Waals surface area contributed by atoms with Gasteiger partial charge in [0.15, 0.2) is 0 Å². The summed E-state index contributed by atoms with van der Waals surface area (Å²) < 4.78 is 15.5. The van der Waals surface area contributed by atoms with E-state index in [0.29, 0.717) is 37.9 Å². The summed E-state index contributed by atoms with van der Waals surface area (Å²) in [6, 6.07) is 1.85. The van der Waals surface area contributed by atoms with Crippen molar-refractivity contribution in [3.05, 3.63) is 21.9 Å². The molecule has 0 saturated heterocycles. The van der Waals surface area contributed by atoms with Gasteiger partial charge >= 0.3 is 0 Å². The molecule has 0 aliphatic carbocycles. The number of hydrazine groups is 1.